The van der Waals surface area contributed by atoms with Gasteiger partial charge in [-0.1, -0.05) is 104 Å². The van der Waals surface area contributed by atoms with Gasteiger partial charge in [0.15, 0.2) is 0 Å². The standard InChI is InChI=1S/C21H44OS.H3O4P/c1-4-5-6-7-8-9-10-11-12-13-14-15-16-17-18-23-20-21(2,3)19-22;1-5(2,3)4/h22H,4-20H2,1-3H3;(H3,1,2,3,4). The van der Waals surface area contributed by atoms with Crippen LogP contribution in [-0.2, 0) is 4.57 Å². The zero-order valence-electron chi connectivity index (χ0n) is 18.6. The van der Waals surface area contributed by atoms with Crippen molar-refractivity contribution in [3.63, 3.8) is 0 Å². The number of rotatable bonds is 18. The fourth-order valence-corrected chi connectivity index (χ4v) is 3.99. The topological polar surface area (TPSA) is 98.0 Å². The molecule has 0 aromatic carbocycles. The largest absolute Gasteiger partial charge is 0.466 e. The Kier molecular flexibility index (Phi) is 22.6. The predicted octanol–water partition coefficient (Wildman–Crippen LogP) is 6.29. The molecule has 5 nitrogen and oxygen atoms in total. The average Bonchev–Trinajstić information content (AvgIpc) is 2.60. The lowest BCUT2D eigenvalue weighted by Gasteiger charge is -2.20. The highest BCUT2D eigenvalue weighted by Crippen LogP contribution is 2.26. The van der Waals surface area contributed by atoms with Crippen LogP contribution in [0.1, 0.15) is 111 Å². The van der Waals surface area contributed by atoms with Gasteiger partial charge in [0.05, 0.1) is 0 Å². The summed E-state index contributed by atoms with van der Waals surface area (Å²) in [4.78, 5) is 21.6. The molecule has 7 heteroatoms. The van der Waals surface area contributed by atoms with Crippen molar-refractivity contribution in [3.05, 3.63) is 0 Å². The Morgan fingerprint density at radius 2 is 1.04 bits per heavy atom. The smallest absolute Gasteiger partial charge is 0.396 e. The van der Waals surface area contributed by atoms with Crippen LogP contribution in [0.4, 0.5) is 0 Å². The molecule has 0 heterocycles. The summed E-state index contributed by atoms with van der Waals surface area (Å²) in [5, 5.41) is 9.21. The summed E-state index contributed by atoms with van der Waals surface area (Å²) in [6.07, 6.45) is 20.0. The number of thioether (sulfide) groups is 1. The van der Waals surface area contributed by atoms with Crippen molar-refractivity contribution < 1.29 is 24.4 Å². The molecule has 0 bridgehead atoms. The van der Waals surface area contributed by atoms with E-state index in [4.69, 9.17) is 19.2 Å². The van der Waals surface area contributed by atoms with Crippen molar-refractivity contribution in [2.75, 3.05) is 18.1 Å². The maximum absolute atomic E-state index is 9.21. The van der Waals surface area contributed by atoms with E-state index in [0.717, 1.165) is 5.75 Å². The Labute approximate surface area is 178 Å². The molecule has 0 aromatic rings. The van der Waals surface area contributed by atoms with Crippen molar-refractivity contribution in [3.8, 4) is 0 Å². The van der Waals surface area contributed by atoms with Gasteiger partial charge < -0.3 is 19.8 Å². The monoisotopic (exact) mass is 442 g/mol. The van der Waals surface area contributed by atoms with Crippen molar-refractivity contribution in [1.82, 2.24) is 0 Å². The highest BCUT2D eigenvalue weighted by molar-refractivity contribution is 7.99. The number of aliphatic hydroxyl groups is 1. The molecule has 0 saturated heterocycles. The molecule has 0 aliphatic heterocycles. The summed E-state index contributed by atoms with van der Waals surface area (Å²) >= 11 is 2.01. The first kappa shape index (κ1) is 30.6. The first-order chi connectivity index (χ1) is 13.1. The highest BCUT2D eigenvalue weighted by Gasteiger charge is 2.15. The van der Waals surface area contributed by atoms with E-state index in [0.29, 0.717) is 6.61 Å². The molecule has 172 valence electrons. The van der Waals surface area contributed by atoms with Gasteiger partial charge in [0, 0.05) is 12.4 Å². The second kappa shape index (κ2) is 20.7. The van der Waals surface area contributed by atoms with E-state index in [-0.39, 0.29) is 5.41 Å². The molecule has 0 rings (SSSR count). The minimum absolute atomic E-state index is 0.0979. The maximum Gasteiger partial charge on any atom is 0.466 e. The molecule has 0 fully saturated rings. The van der Waals surface area contributed by atoms with E-state index in [1.807, 2.05) is 11.8 Å². The Balaban J connectivity index is 0. The van der Waals surface area contributed by atoms with Gasteiger partial charge >= 0.3 is 7.82 Å². The molecule has 0 unspecified atom stereocenters. The lowest BCUT2D eigenvalue weighted by molar-refractivity contribution is 0.180. The van der Waals surface area contributed by atoms with Crippen LogP contribution in [0.3, 0.4) is 0 Å². The molecule has 0 atom stereocenters. The lowest BCUT2D eigenvalue weighted by atomic mass is 9.98. The fraction of sp³-hybridized carbons (Fsp3) is 1.00. The average molecular weight is 443 g/mol. The van der Waals surface area contributed by atoms with Gasteiger partial charge in [-0.25, -0.2) is 4.57 Å². The molecule has 0 saturated carbocycles. The number of hydrogen-bond donors (Lipinski definition) is 4. The fourth-order valence-electron chi connectivity index (χ4n) is 2.79. The summed E-state index contributed by atoms with van der Waals surface area (Å²) in [5.41, 5.74) is 0.0979. The summed E-state index contributed by atoms with van der Waals surface area (Å²) in [5.74, 6) is 2.35. The van der Waals surface area contributed by atoms with E-state index in [9.17, 15) is 5.11 Å². The minimum Gasteiger partial charge on any atom is -0.396 e. The Morgan fingerprint density at radius 1 is 0.714 bits per heavy atom. The lowest BCUT2D eigenvalue weighted by Crippen LogP contribution is -2.19. The van der Waals surface area contributed by atoms with E-state index >= 15 is 0 Å². The third kappa shape index (κ3) is 34.0. The van der Waals surface area contributed by atoms with Crippen LogP contribution in [0.25, 0.3) is 0 Å². The van der Waals surface area contributed by atoms with Gasteiger partial charge in [0.25, 0.3) is 0 Å². The molecule has 0 amide bonds. The maximum atomic E-state index is 9.21. The van der Waals surface area contributed by atoms with Crippen molar-refractivity contribution in [2.24, 2.45) is 5.41 Å². The van der Waals surface area contributed by atoms with E-state index in [1.165, 1.54) is 95.6 Å². The summed E-state index contributed by atoms with van der Waals surface area (Å²) in [7, 11) is -4.64. The first-order valence-electron chi connectivity index (χ1n) is 11.1. The predicted molar refractivity (Wildman–Crippen MR) is 123 cm³/mol. The Bertz CT molecular complexity index is 352. The van der Waals surface area contributed by atoms with Crippen LogP contribution < -0.4 is 0 Å². The third-order valence-electron chi connectivity index (χ3n) is 4.56. The molecule has 0 spiro atoms. The number of unbranched alkanes of at least 4 members (excludes halogenated alkanes) is 13. The first-order valence-corrected chi connectivity index (χ1v) is 13.8. The van der Waals surface area contributed by atoms with E-state index in [1.54, 1.807) is 0 Å². The minimum atomic E-state index is -4.64. The molecule has 4 N–H and O–H groups in total. The highest BCUT2D eigenvalue weighted by atomic mass is 32.2. The second-order valence-electron chi connectivity index (χ2n) is 8.48. The van der Waals surface area contributed by atoms with Gasteiger partial charge in [-0.3, -0.25) is 0 Å². The van der Waals surface area contributed by atoms with Crippen LogP contribution in [-0.4, -0.2) is 37.9 Å². The van der Waals surface area contributed by atoms with E-state index < -0.39 is 7.82 Å². The van der Waals surface area contributed by atoms with Crippen molar-refractivity contribution >= 4 is 19.6 Å². The van der Waals surface area contributed by atoms with Crippen LogP contribution in [0, 0.1) is 5.41 Å². The number of hydrogen-bond acceptors (Lipinski definition) is 3. The van der Waals surface area contributed by atoms with Crippen LogP contribution >= 0.6 is 19.6 Å². The van der Waals surface area contributed by atoms with Gasteiger partial charge in [0.1, 0.15) is 0 Å². The van der Waals surface area contributed by atoms with Crippen molar-refractivity contribution in [2.45, 2.75) is 111 Å². The molecule has 0 aromatic heterocycles. The second-order valence-corrected chi connectivity index (χ2v) is 10.6. The molecular weight excluding hydrogens is 395 g/mol. The molecule has 28 heavy (non-hydrogen) atoms. The van der Waals surface area contributed by atoms with Gasteiger partial charge in [0.2, 0.25) is 0 Å². The third-order valence-corrected chi connectivity index (χ3v) is 6.13. The number of aliphatic hydroxyl groups excluding tert-OH is 1. The molecular formula is C21H47O5PS. The van der Waals surface area contributed by atoms with Gasteiger partial charge in [-0.05, 0) is 17.6 Å². The summed E-state index contributed by atoms with van der Waals surface area (Å²) < 4.78 is 8.88. The number of phosphoric acid groups is 1. The van der Waals surface area contributed by atoms with Crippen LogP contribution in [0.5, 0.6) is 0 Å². The van der Waals surface area contributed by atoms with Gasteiger partial charge in [-0.15, -0.1) is 0 Å². The van der Waals surface area contributed by atoms with Gasteiger partial charge in [-0.2, -0.15) is 11.8 Å². The normalized spacial score (nSPS) is 12.0. The van der Waals surface area contributed by atoms with Crippen LogP contribution in [0.2, 0.25) is 0 Å². The quantitative estimate of drug-likeness (QED) is 0.147. The Hall–Kier alpha value is 0.420. The van der Waals surface area contributed by atoms with Crippen LogP contribution in [0.15, 0.2) is 0 Å². The molecule has 0 aliphatic carbocycles. The molecule has 0 aliphatic rings. The summed E-state index contributed by atoms with van der Waals surface area (Å²) in [6, 6.07) is 0. The SMILES string of the molecule is CCCCCCCCCCCCCCCCSCC(C)(C)CO.O=P(O)(O)O. The summed E-state index contributed by atoms with van der Waals surface area (Å²) in [6.45, 7) is 6.88. The zero-order chi connectivity index (χ0) is 21.7. The van der Waals surface area contributed by atoms with Crippen molar-refractivity contribution in [1.29, 1.82) is 0 Å². The molecule has 0 radical (unpaired) electrons. The zero-order valence-corrected chi connectivity index (χ0v) is 20.3. The Morgan fingerprint density at radius 3 is 1.36 bits per heavy atom. The van der Waals surface area contributed by atoms with E-state index in [2.05, 4.69) is 20.8 Å².